The van der Waals surface area contributed by atoms with E-state index in [0.717, 1.165) is 39.1 Å². The largest absolute Gasteiger partial charge is 0.395 e. The van der Waals surface area contributed by atoms with Crippen molar-refractivity contribution < 1.29 is 9.84 Å². The van der Waals surface area contributed by atoms with Crippen LogP contribution < -0.4 is 5.32 Å². The van der Waals surface area contributed by atoms with Crippen molar-refractivity contribution in [2.45, 2.75) is 45.8 Å². The van der Waals surface area contributed by atoms with Crippen LogP contribution in [0.5, 0.6) is 0 Å². The molecular formula is C13H30N2O2. The van der Waals surface area contributed by atoms with Crippen molar-refractivity contribution in [3.8, 4) is 0 Å². The molecular weight excluding hydrogens is 216 g/mol. The van der Waals surface area contributed by atoms with Crippen LogP contribution in [0.25, 0.3) is 0 Å². The molecule has 0 aliphatic carbocycles. The first kappa shape index (κ1) is 16.8. The van der Waals surface area contributed by atoms with Gasteiger partial charge >= 0.3 is 0 Å². The van der Waals surface area contributed by atoms with Gasteiger partial charge in [-0.2, -0.15) is 0 Å². The fraction of sp³-hybridized carbons (Fsp3) is 1.00. The third-order valence-electron chi connectivity index (χ3n) is 2.69. The van der Waals surface area contributed by atoms with Crippen molar-refractivity contribution in [1.29, 1.82) is 0 Å². The van der Waals surface area contributed by atoms with Crippen LogP contribution >= 0.6 is 0 Å². The zero-order valence-corrected chi connectivity index (χ0v) is 11.9. The number of rotatable bonds is 11. The van der Waals surface area contributed by atoms with Gasteiger partial charge in [0.2, 0.25) is 0 Å². The second kappa shape index (κ2) is 11.0. The van der Waals surface area contributed by atoms with Crippen LogP contribution in [-0.2, 0) is 4.74 Å². The fourth-order valence-electron chi connectivity index (χ4n) is 1.54. The van der Waals surface area contributed by atoms with E-state index in [-0.39, 0.29) is 12.6 Å². The molecule has 0 aromatic rings. The molecule has 1 atom stereocenters. The lowest BCUT2D eigenvalue weighted by Gasteiger charge is -2.21. The predicted molar refractivity (Wildman–Crippen MR) is 72.4 cm³/mol. The molecule has 104 valence electrons. The molecule has 0 aliphatic heterocycles. The van der Waals surface area contributed by atoms with Gasteiger partial charge in [0.25, 0.3) is 0 Å². The highest BCUT2D eigenvalue weighted by Crippen LogP contribution is 1.96. The summed E-state index contributed by atoms with van der Waals surface area (Å²) in [5.74, 6) is 0. The molecule has 0 radical (unpaired) electrons. The predicted octanol–water partition coefficient (Wildman–Crippen LogP) is 1.09. The number of aliphatic hydroxyl groups is 1. The summed E-state index contributed by atoms with van der Waals surface area (Å²) in [4.78, 5) is 2.25. The summed E-state index contributed by atoms with van der Waals surface area (Å²) < 4.78 is 5.50. The number of hydrogen-bond donors (Lipinski definition) is 2. The van der Waals surface area contributed by atoms with Gasteiger partial charge in [0, 0.05) is 12.6 Å². The molecule has 0 aliphatic rings. The van der Waals surface area contributed by atoms with Gasteiger partial charge in [0.05, 0.1) is 19.3 Å². The monoisotopic (exact) mass is 246 g/mol. The fourth-order valence-corrected chi connectivity index (χ4v) is 1.54. The Kier molecular flexibility index (Phi) is 10.9. The van der Waals surface area contributed by atoms with E-state index < -0.39 is 0 Å². The smallest absolute Gasteiger partial charge is 0.0596 e. The molecule has 0 bridgehead atoms. The number of likely N-dealkylation sites (N-methyl/N-ethyl adjacent to an activating group) is 1. The number of aliphatic hydroxyl groups excluding tert-OH is 1. The SMILES string of the molecule is CCCNC(CO)CCN(C)CCOC(C)C. The van der Waals surface area contributed by atoms with Gasteiger partial charge in [0.1, 0.15) is 0 Å². The van der Waals surface area contributed by atoms with Gasteiger partial charge in [-0.15, -0.1) is 0 Å². The molecule has 0 saturated heterocycles. The highest BCUT2D eigenvalue weighted by atomic mass is 16.5. The first-order chi connectivity index (χ1) is 8.10. The lowest BCUT2D eigenvalue weighted by molar-refractivity contribution is 0.0628. The molecule has 0 rings (SSSR count). The third kappa shape index (κ3) is 10.7. The quantitative estimate of drug-likeness (QED) is 0.573. The van der Waals surface area contributed by atoms with Crippen LogP contribution in [0.1, 0.15) is 33.6 Å². The number of hydrogen-bond acceptors (Lipinski definition) is 4. The van der Waals surface area contributed by atoms with Gasteiger partial charge < -0.3 is 20.1 Å². The van der Waals surface area contributed by atoms with Crippen molar-refractivity contribution in [3.63, 3.8) is 0 Å². The second-order valence-electron chi connectivity index (χ2n) is 4.85. The Labute approximate surface area is 106 Å². The number of ether oxygens (including phenoxy) is 1. The maximum Gasteiger partial charge on any atom is 0.0596 e. The van der Waals surface area contributed by atoms with Crippen molar-refractivity contribution in [2.75, 3.05) is 39.9 Å². The molecule has 0 spiro atoms. The standard InChI is InChI=1S/C13H30N2O2/c1-5-7-14-13(11-16)6-8-15(4)9-10-17-12(2)3/h12-14,16H,5-11H2,1-4H3. The van der Waals surface area contributed by atoms with Crippen molar-refractivity contribution >= 4 is 0 Å². The lowest BCUT2D eigenvalue weighted by atomic mass is 10.2. The van der Waals surface area contributed by atoms with Gasteiger partial charge in [-0.05, 0) is 46.8 Å². The van der Waals surface area contributed by atoms with Crippen LogP contribution in [0.4, 0.5) is 0 Å². The molecule has 0 saturated carbocycles. The summed E-state index contributed by atoms with van der Waals surface area (Å²) in [5, 5.41) is 12.5. The lowest BCUT2D eigenvalue weighted by Crippen LogP contribution is -2.37. The Balaban J connectivity index is 3.55. The molecule has 0 aromatic heterocycles. The van der Waals surface area contributed by atoms with Gasteiger partial charge in [-0.3, -0.25) is 0 Å². The molecule has 2 N–H and O–H groups in total. The topological polar surface area (TPSA) is 44.7 Å². The first-order valence-electron chi connectivity index (χ1n) is 6.74. The van der Waals surface area contributed by atoms with Gasteiger partial charge in [-0.25, -0.2) is 0 Å². The number of nitrogens with one attached hydrogen (secondary N) is 1. The molecule has 0 aromatic carbocycles. The molecule has 0 amide bonds. The Morgan fingerprint density at radius 2 is 2.00 bits per heavy atom. The first-order valence-corrected chi connectivity index (χ1v) is 6.74. The Morgan fingerprint density at radius 1 is 1.29 bits per heavy atom. The van der Waals surface area contributed by atoms with E-state index in [4.69, 9.17) is 4.74 Å². The molecule has 0 heterocycles. The Bertz CT molecular complexity index is 165. The minimum Gasteiger partial charge on any atom is -0.395 e. The maximum absolute atomic E-state index is 9.21. The summed E-state index contributed by atoms with van der Waals surface area (Å²) in [6.45, 7) is 10.2. The van der Waals surface area contributed by atoms with Gasteiger partial charge in [0.15, 0.2) is 0 Å². The molecule has 17 heavy (non-hydrogen) atoms. The second-order valence-corrected chi connectivity index (χ2v) is 4.85. The van der Waals surface area contributed by atoms with Crippen molar-refractivity contribution in [3.05, 3.63) is 0 Å². The van der Waals surface area contributed by atoms with E-state index in [1.807, 2.05) is 0 Å². The van der Waals surface area contributed by atoms with E-state index >= 15 is 0 Å². The minimum absolute atomic E-state index is 0.219. The van der Waals surface area contributed by atoms with Crippen LogP contribution in [-0.4, -0.2) is 62.0 Å². The highest BCUT2D eigenvalue weighted by molar-refractivity contribution is 4.67. The van der Waals surface area contributed by atoms with E-state index in [1.165, 1.54) is 0 Å². The van der Waals surface area contributed by atoms with E-state index in [2.05, 4.69) is 38.0 Å². The average Bonchev–Trinajstić information content (AvgIpc) is 2.29. The summed E-state index contributed by atoms with van der Waals surface area (Å²) >= 11 is 0. The van der Waals surface area contributed by atoms with Gasteiger partial charge in [-0.1, -0.05) is 6.92 Å². The summed E-state index contributed by atoms with van der Waals surface area (Å²) in [7, 11) is 2.10. The van der Waals surface area contributed by atoms with E-state index in [1.54, 1.807) is 0 Å². The maximum atomic E-state index is 9.21. The highest BCUT2D eigenvalue weighted by Gasteiger charge is 2.07. The summed E-state index contributed by atoms with van der Waals surface area (Å²) in [6.07, 6.45) is 2.39. The Hall–Kier alpha value is -0.160. The molecule has 4 heteroatoms. The van der Waals surface area contributed by atoms with Crippen LogP contribution in [0.15, 0.2) is 0 Å². The van der Waals surface area contributed by atoms with Crippen LogP contribution in [0, 0.1) is 0 Å². The molecule has 1 unspecified atom stereocenters. The average molecular weight is 246 g/mol. The zero-order valence-electron chi connectivity index (χ0n) is 11.9. The minimum atomic E-state index is 0.219. The van der Waals surface area contributed by atoms with Crippen molar-refractivity contribution in [2.24, 2.45) is 0 Å². The third-order valence-corrected chi connectivity index (χ3v) is 2.69. The number of nitrogens with zero attached hydrogens (tertiary/aromatic N) is 1. The summed E-state index contributed by atoms with van der Waals surface area (Å²) in [6, 6.07) is 0.225. The summed E-state index contributed by atoms with van der Waals surface area (Å²) in [5.41, 5.74) is 0. The molecule has 0 fully saturated rings. The zero-order chi connectivity index (χ0) is 13.1. The van der Waals surface area contributed by atoms with Crippen LogP contribution in [0.2, 0.25) is 0 Å². The van der Waals surface area contributed by atoms with Crippen LogP contribution in [0.3, 0.4) is 0 Å². The van der Waals surface area contributed by atoms with E-state index in [0.29, 0.717) is 6.10 Å². The van der Waals surface area contributed by atoms with Crippen molar-refractivity contribution in [1.82, 2.24) is 10.2 Å². The normalized spacial score (nSPS) is 13.6. The Morgan fingerprint density at radius 3 is 2.53 bits per heavy atom. The molecule has 4 nitrogen and oxygen atoms in total. The van der Waals surface area contributed by atoms with E-state index in [9.17, 15) is 5.11 Å².